The molecule has 0 spiro atoms. The van der Waals surface area contributed by atoms with Crippen molar-refractivity contribution < 1.29 is 28.2 Å². The van der Waals surface area contributed by atoms with Gasteiger partial charge in [-0.15, -0.1) is 0 Å². The number of halogens is 1. The standard InChI is InChI=1S/C24H26FN3O5S/c1-27(13-14-33-20-10-6-5-9-19(20)32-2)16-22(29)26-11-12-28-23(30)21(34-24(28)31)15-17-7-3-4-8-18(17)25/h3-10,15H,11-14,16H2,1-2H3,(H,26,29). The largest absolute Gasteiger partial charge is 0.493 e. The molecule has 1 N–H and O–H groups in total. The van der Waals surface area contributed by atoms with E-state index in [1.807, 2.05) is 18.2 Å². The van der Waals surface area contributed by atoms with Gasteiger partial charge in [0.05, 0.1) is 18.6 Å². The summed E-state index contributed by atoms with van der Waals surface area (Å²) in [5, 5.41) is 2.25. The normalized spacial score (nSPS) is 14.7. The zero-order valence-corrected chi connectivity index (χ0v) is 19.8. The highest BCUT2D eigenvalue weighted by molar-refractivity contribution is 8.18. The molecule has 0 unspecified atom stereocenters. The number of rotatable bonds is 11. The summed E-state index contributed by atoms with van der Waals surface area (Å²) in [7, 11) is 3.36. The molecule has 1 saturated heterocycles. The van der Waals surface area contributed by atoms with Gasteiger partial charge in [-0.2, -0.15) is 0 Å². The first kappa shape index (κ1) is 25.3. The van der Waals surface area contributed by atoms with Crippen LogP contribution in [0.3, 0.4) is 0 Å². The van der Waals surface area contributed by atoms with Crippen molar-refractivity contribution in [2.45, 2.75) is 0 Å². The number of carbonyl (C=O) groups excluding carboxylic acids is 3. The summed E-state index contributed by atoms with van der Waals surface area (Å²) in [6.07, 6.45) is 1.36. The van der Waals surface area contributed by atoms with Crippen molar-refractivity contribution in [1.82, 2.24) is 15.1 Å². The lowest BCUT2D eigenvalue weighted by Gasteiger charge is -2.18. The van der Waals surface area contributed by atoms with Gasteiger partial charge in [-0.05, 0) is 43.1 Å². The van der Waals surface area contributed by atoms with E-state index in [1.54, 1.807) is 37.3 Å². The summed E-state index contributed by atoms with van der Waals surface area (Å²) in [6.45, 7) is 1.16. The summed E-state index contributed by atoms with van der Waals surface area (Å²) in [4.78, 5) is 39.9. The second kappa shape index (κ2) is 12.2. The topological polar surface area (TPSA) is 88.2 Å². The second-order valence-corrected chi connectivity index (χ2v) is 8.44. The van der Waals surface area contributed by atoms with Crippen molar-refractivity contribution in [1.29, 1.82) is 0 Å². The van der Waals surface area contributed by atoms with Crippen LogP contribution in [0.1, 0.15) is 5.56 Å². The molecule has 34 heavy (non-hydrogen) atoms. The van der Waals surface area contributed by atoms with Gasteiger partial charge in [0.25, 0.3) is 11.1 Å². The fourth-order valence-electron chi connectivity index (χ4n) is 3.16. The molecule has 1 heterocycles. The second-order valence-electron chi connectivity index (χ2n) is 7.44. The van der Waals surface area contributed by atoms with Crippen molar-refractivity contribution in [2.75, 3.05) is 46.9 Å². The number of benzene rings is 2. The zero-order chi connectivity index (χ0) is 24.5. The Bertz CT molecular complexity index is 1080. The number of amides is 3. The highest BCUT2D eigenvalue weighted by atomic mass is 32.2. The van der Waals surface area contributed by atoms with E-state index in [0.717, 1.165) is 16.7 Å². The number of hydrogen-bond acceptors (Lipinski definition) is 7. The lowest BCUT2D eigenvalue weighted by atomic mass is 10.2. The number of likely N-dealkylation sites (N-methyl/N-ethyl adjacent to an activating group) is 1. The Balaban J connectivity index is 1.40. The van der Waals surface area contributed by atoms with E-state index in [4.69, 9.17) is 9.47 Å². The number of imide groups is 1. The molecule has 0 saturated carbocycles. The summed E-state index contributed by atoms with van der Waals surface area (Å²) in [6, 6.07) is 13.3. The van der Waals surface area contributed by atoms with Crippen LogP contribution >= 0.6 is 11.8 Å². The Hall–Kier alpha value is -3.37. The molecule has 3 amide bonds. The number of para-hydroxylation sites is 2. The fraction of sp³-hybridized carbons (Fsp3) is 0.292. The van der Waals surface area contributed by atoms with E-state index in [0.29, 0.717) is 24.7 Å². The first-order valence-corrected chi connectivity index (χ1v) is 11.4. The number of nitrogens with zero attached hydrogens (tertiary/aromatic N) is 2. The third-order valence-corrected chi connectivity index (χ3v) is 5.84. The molecule has 3 rings (SSSR count). The van der Waals surface area contributed by atoms with Gasteiger partial charge in [-0.1, -0.05) is 30.3 Å². The Morgan fingerprint density at radius 1 is 1.15 bits per heavy atom. The van der Waals surface area contributed by atoms with Crippen LogP contribution in [0.5, 0.6) is 11.5 Å². The molecule has 0 bridgehead atoms. The third kappa shape index (κ3) is 6.82. The van der Waals surface area contributed by atoms with Crippen molar-refractivity contribution in [3.05, 3.63) is 64.8 Å². The lowest BCUT2D eigenvalue weighted by molar-refractivity contribution is -0.124. The predicted octanol–water partition coefficient (Wildman–Crippen LogP) is 3.00. The van der Waals surface area contributed by atoms with E-state index in [-0.39, 0.29) is 36.0 Å². The molecule has 1 aliphatic rings. The van der Waals surface area contributed by atoms with E-state index in [1.165, 1.54) is 18.2 Å². The molecule has 0 aliphatic carbocycles. The maximum atomic E-state index is 13.8. The van der Waals surface area contributed by atoms with Gasteiger partial charge < -0.3 is 14.8 Å². The van der Waals surface area contributed by atoms with Crippen LogP contribution in [-0.2, 0) is 9.59 Å². The molecule has 1 aliphatic heterocycles. The first-order chi connectivity index (χ1) is 16.4. The molecule has 0 aromatic heterocycles. The highest BCUT2D eigenvalue weighted by Gasteiger charge is 2.34. The number of methoxy groups -OCH3 is 1. The summed E-state index contributed by atoms with van der Waals surface area (Å²) in [5.41, 5.74) is 0.235. The average Bonchev–Trinajstić information content (AvgIpc) is 3.08. The van der Waals surface area contributed by atoms with Crippen LogP contribution in [0, 0.1) is 5.82 Å². The molecule has 2 aromatic rings. The molecular formula is C24H26FN3O5S. The lowest BCUT2D eigenvalue weighted by Crippen LogP contribution is -2.41. The van der Waals surface area contributed by atoms with Crippen molar-refractivity contribution in [3.63, 3.8) is 0 Å². The van der Waals surface area contributed by atoms with E-state index >= 15 is 0 Å². The maximum absolute atomic E-state index is 13.8. The van der Waals surface area contributed by atoms with E-state index < -0.39 is 17.0 Å². The van der Waals surface area contributed by atoms with Crippen LogP contribution in [-0.4, -0.2) is 73.8 Å². The molecule has 0 atom stereocenters. The maximum Gasteiger partial charge on any atom is 0.293 e. The van der Waals surface area contributed by atoms with Crippen LogP contribution in [0.4, 0.5) is 9.18 Å². The molecule has 10 heteroatoms. The summed E-state index contributed by atoms with van der Waals surface area (Å²) in [5.74, 6) is 0.0498. The van der Waals surface area contributed by atoms with Gasteiger partial charge in [0, 0.05) is 25.2 Å². The van der Waals surface area contributed by atoms with Crippen LogP contribution in [0.2, 0.25) is 0 Å². The first-order valence-electron chi connectivity index (χ1n) is 10.6. The van der Waals surface area contributed by atoms with Crippen LogP contribution < -0.4 is 14.8 Å². The molecule has 8 nitrogen and oxygen atoms in total. The third-order valence-electron chi connectivity index (χ3n) is 4.94. The predicted molar refractivity (Wildman–Crippen MR) is 128 cm³/mol. The Labute approximate surface area is 201 Å². The zero-order valence-electron chi connectivity index (χ0n) is 19.0. The monoisotopic (exact) mass is 487 g/mol. The Morgan fingerprint density at radius 2 is 1.85 bits per heavy atom. The minimum absolute atomic E-state index is 0.0334. The SMILES string of the molecule is COc1ccccc1OCCN(C)CC(=O)NCCN1C(=O)SC(=Cc2ccccc2F)C1=O. The van der Waals surface area contributed by atoms with Gasteiger partial charge in [0.15, 0.2) is 11.5 Å². The molecule has 2 aromatic carbocycles. The minimum atomic E-state index is -0.502. The molecule has 0 radical (unpaired) electrons. The number of carbonyl (C=O) groups is 3. The number of nitrogens with one attached hydrogen (secondary N) is 1. The molecular weight excluding hydrogens is 461 g/mol. The number of ether oxygens (including phenoxy) is 2. The highest BCUT2D eigenvalue weighted by Crippen LogP contribution is 2.32. The minimum Gasteiger partial charge on any atom is -0.493 e. The summed E-state index contributed by atoms with van der Waals surface area (Å²) < 4.78 is 24.8. The molecule has 180 valence electrons. The van der Waals surface area contributed by atoms with E-state index in [2.05, 4.69) is 5.32 Å². The Kier molecular flexibility index (Phi) is 9.06. The van der Waals surface area contributed by atoms with Crippen molar-refractivity contribution in [3.8, 4) is 11.5 Å². The van der Waals surface area contributed by atoms with Crippen LogP contribution in [0.15, 0.2) is 53.4 Å². The van der Waals surface area contributed by atoms with Gasteiger partial charge in [0.2, 0.25) is 5.91 Å². The van der Waals surface area contributed by atoms with E-state index in [9.17, 15) is 18.8 Å². The quantitative estimate of drug-likeness (QED) is 0.488. The smallest absolute Gasteiger partial charge is 0.293 e. The Morgan fingerprint density at radius 3 is 2.59 bits per heavy atom. The van der Waals surface area contributed by atoms with Crippen molar-refractivity contribution in [2.24, 2.45) is 0 Å². The molecule has 1 fully saturated rings. The van der Waals surface area contributed by atoms with Gasteiger partial charge in [-0.3, -0.25) is 24.2 Å². The number of thioether (sulfide) groups is 1. The van der Waals surface area contributed by atoms with Gasteiger partial charge >= 0.3 is 0 Å². The van der Waals surface area contributed by atoms with Gasteiger partial charge in [0.1, 0.15) is 12.4 Å². The fourth-order valence-corrected chi connectivity index (χ4v) is 4.02. The van der Waals surface area contributed by atoms with Gasteiger partial charge in [-0.25, -0.2) is 4.39 Å². The average molecular weight is 488 g/mol. The van der Waals surface area contributed by atoms with Crippen molar-refractivity contribution >= 4 is 34.9 Å². The van der Waals surface area contributed by atoms with Crippen LogP contribution in [0.25, 0.3) is 6.08 Å². The number of hydrogen-bond donors (Lipinski definition) is 1. The summed E-state index contributed by atoms with van der Waals surface area (Å²) >= 11 is 0.753.